The van der Waals surface area contributed by atoms with E-state index in [1.165, 1.54) is 19.4 Å². The number of amides is 1. The van der Waals surface area contributed by atoms with Gasteiger partial charge in [-0.1, -0.05) is 45.4 Å². The summed E-state index contributed by atoms with van der Waals surface area (Å²) in [5.74, 6) is -0.926. The van der Waals surface area contributed by atoms with Crippen LogP contribution in [-0.2, 0) is 23.8 Å². The highest BCUT2D eigenvalue weighted by Gasteiger charge is 2.37. The number of cyclic esters (lactones) is 1. The fraction of sp³-hybridized carbons (Fsp3) is 0.562. The van der Waals surface area contributed by atoms with Crippen molar-refractivity contribution >= 4 is 17.8 Å². The Hall–Kier alpha value is -3.86. The fourth-order valence-corrected chi connectivity index (χ4v) is 4.44. The SMILES string of the molecule is COc1ccnc(C(=O)NC2CCCC(OCC(C)C)C(Oc3ccc(C)cc3)C(C)OC2=O)c1OCOC(=O)C(C)C. The molecule has 3 rings (SSSR count). The number of methoxy groups -OCH3 is 1. The maximum absolute atomic E-state index is 13.4. The second-order valence-electron chi connectivity index (χ2n) is 11.3. The van der Waals surface area contributed by atoms with Crippen LogP contribution in [-0.4, -0.2) is 67.7 Å². The van der Waals surface area contributed by atoms with Gasteiger partial charge in [0.25, 0.3) is 5.91 Å². The van der Waals surface area contributed by atoms with Crippen LogP contribution in [0, 0.1) is 18.8 Å². The van der Waals surface area contributed by atoms with Crippen molar-refractivity contribution in [1.82, 2.24) is 10.3 Å². The smallest absolute Gasteiger partial charge is 0.329 e. The predicted molar refractivity (Wildman–Crippen MR) is 158 cm³/mol. The normalized spacial score (nSPS) is 20.8. The molecule has 2 heterocycles. The van der Waals surface area contributed by atoms with Crippen molar-refractivity contribution < 1.29 is 42.8 Å². The summed E-state index contributed by atoms with van der Waals surface area (Å²) in [6.07, 6.45) is 1.26. The molecule has 1 saturated heterocycles. The molecule has 1 N–H and O–H groups in total. The van der Waals surface area contributed by atoms with Crippen LogP contribution in [0.15, 0.2) is 36.5 Å². The summed E-state index contributed by atoms with van der Waals surface area (Å²) >= 11 is 0. The van der Waals surface area contributed by atoms with Gasteiger partial charge >= 0.3 is 11.9 Å². The maximum atomic E-state index is 13.4. The Labute approximate surface area is 253 Å². The average Bonchev–Trinajstić information content (AvgIpc) is 3.02. The van der Waals surface area contributed by atoms with Crippen LogP contribution < -0.4 is 19.5 Å². The van der Waals surface area contributed by atoms with Crippen LogP contribution in [0.5, 0.6) is 17.2 Å². The van der Waals surface area contributed by atoms with Crippen molar-refractivity contribution in [2.75, 3.05) is 20.5 Å². The second-order valence-corrected chi connectivity index (χ2v) is 11.3. The van der Waals surface area contributed by atoms with Gasteiger partial charge in [-0.15, -0.1) is 0 Å². The molecule has 4 unspecified atom stereocenters. The second kappa shape index (κ2) is 16.1. The number of rotatable bonds is 12. The fourth-order valence-electron chi connectivity index (χ4n) is 4.44. The number of carbonyl (C=O) groups is 3. The number of ether oxygens (including phenoxy) is 6. The summed E-state index contributed by atoms with van der Waals surface area (Å²) in [5.41, 5.74) is 0.975. The number of benzene rings is 1. The molecule has 0 spiro atoms. The monoisotopic (exact) mass is 600 g/mol. The molecule has 4 atom stereocenters. The molecule has 0 aliphatic carbocycles. The topological polar surface area (TPSA) is 132 Å². The van der Waals surface area contributed by atoms with Crippen molar-refractivity contribution in [2.24, 2.45) is 11.8 Å². The van der Waals surface area contributed by atoms with Gasteiger partial charge in [-0.3, -0.25) is 9.59 Å². The van der Waals surface area contributed by atoms with Crippen molar-refractivity contribution in [2.45, 2.75) is 85.2 Å². The van der Waals surface area contributed by atoms with E-state index in [0.717, 1.165) is 5.56 Å². The molecule has 1 fully saturated rings. The predicted octanol–water partition coefficient (Wildman–Crippen LogP) is 4.64. The van der Waals surface area contributed by atoms with E-state index < -0.39 is 42.9 Å². The first-order chi connectivity index (χ1) is 20.5. The molecule has 0 radical (unpaired) electrons. The minimum Gasteiger partial charge on any atom is -0.493 e. The van der Waals surface area contributed by atoms with E-state index in [0.29, 0.717) is 37.5 Å². The minimum atomic E-state index is -0.960. The zero-order valence-corrected chi connectivity index (χ0v) is 26.1. The summed E-state index contributed by atoms with van der Waals surface area (Å²) in [4.78, 5) is 42.8. The van der Waals surface area contributed by atoms with Gasteiger partial charge in [0.15, 0.2) is 23.3 Å². The van der Waals surface area contributed by atoms with Crippen LogP contribution in [0.4, 0.5) is 0 Å². The molecular weight excluding hydrogens is 556 g/mol. The number of hydrogen-bond donors (Lipinski definition) is 1. The van der Waals surface area contributed by atoms with Gasteiger partial charge in [-0.25, -0.2) is 9.78 Å². The van der Waals surface area contributed by atoms with Gasteiger partial charge in [0, 0.05) is 18.9 Å². The highest BCUT2D eigenvalue weighted by molar-refractivity contribution is 5.98. The van der Waals surface area contributed by atoms with Crippen molar-refractivity contribution in [3.63, 3.8) is 0 Å². The molecule has 11 heteroatoms. The van der Waals surface area contributed by atoms with E-state index in [4.69, 9.17) is 28.4 Å². The summed E-state index contributed by atoms with van der Waals surface area (Å²) in [6.45, 7) is 11.4. The lowest BCUT2D eigenvalue weighted by atomic mass is 10.0. The zero-order chi connectivity index (χ0) is 31.5. The van der Waals surface area contributed by atoms with Crippen molar-refractivity contribution in [3.05, 3.63) is 47.8 Å². The number of nitrogens with zero attached hydrogens (tertiary/aromatic N) is 1. The lowest BCUT2D eigenvalue weighted by molar-refractivity contribution is -0.159. The van der Waals surface area contributed by atoms with E-state index >= 15 is 0 Å². The van der Waals surface area contributed by atoms with Gasteiger partial charge in [-0.2, -0.15) is 0 Å². The van der Waals surface area contributed by atoms with Gasteiger partial charge in [0.2, 0.25) is 6.79 Å². The number of aromatic nitrogens is 1. The summed E-state index contributed by atoms with van der Waals surface area (Å²) in [6, 6.07) is 8.22. The Morgan fingerprint density at radius 2 is 1.81 bits per heavy atom. The Morgan fingerprint density at radius 1 is 1.09 bits per heavy atom. The van der Waals surface area contributed by atoms with Crippen LogP contribution in [0.1, 0.15) is 69.9 Å². The Morgan fingerprint density at radius 3 is 2.47 bits per heavy atom. The summed E-state index contributed by atoms with van der Waals surface area (Å²) in [5, 5.41) is 2.75. The number of nitrogens with one attached hydrogen (secondary N) is 1. The zero-order valence-electron chi connectivity index (χ0n) is 26.1. The third-order valence-electron chi connectivity index (χ3n) is 6.82. The molecule has 43 heavy (non-hydrogen) atoms. The lowest BCUT2D eigenvalue weighted by Gasteiger charge is -2.32. The van der Waals surface area contributed by atoms with Crippen LogP contribution in [0.3, 0.4) is 0 Å². The third-order valence-corrected chi connectivity index (χ3v) is 6.82. The first kappa shape index (κ1) is 33.6. The standard InChI is InChI=1S/C32H44N2O9/c1-19(2)17-39-26-10-8-9-24(32(37)42-22(6)28(26)43-23-13-11-21(5)12-14-23)34-30(35)27-29(25(38-7)15-16-33-27)40-18-41-31(36)20(3)4/h11-16,19-20,22,24,26,28H,8-10,17-18H2,1-7H3,(H,34,35). The van der Waals surface area contributed by atoms with Crippen molar-refractivity contribution in [1.29, 1.82) is 0 Å². The molecular formula is C32H44N2O9. The van der Waals surface area contributed by atoms with Crippen LogP contribution in [0.25, 0.3) is 0 Å². The quantitative estimate of drug-likeness (QED) is 0.272. The van der Waals surface area contributed by atoms with E-state index in [2.05, 4.69) is 24.1 Å². The molecule has 1 amide bonds. The third kappa shape index (κ3) is 9.84. The highest BCUT2D eigenvalue weighted by Crippen LogP contribution is 2.30. The molecule has 1 aliphatic heterocycles. The number of aryl methyl sites for hydroxylation is 1. The van der Waals surface area contributed by atoms with Gasteiger partial charge < -0.3 is 33.7 Å². The number of pyridine rings is 1. The molecule has 1 aliphatic rings. The first-order valence-corrected chi connectivity index (χ1v) is 14.7. The van der Waals surface area contributed by atoms with E-state index in [9.17, 15) is 14.4 Å². The molecule has 0 bridgehead atoms. The van der Waals surface area contributed by atoms with E-state index in [1.54, 1.807) is 20.8 Å². The van der Waals surface area contributed by atoms with Gasteiger partial charge in [0.1, 0.15) is 17.9 Å². The number of hydrogen-bond acceptors (Lipinski definition) is 10. The average molecular weight is 601 g/mol. The highest BCUT2D eigenvalue weighted by atomic mass is 16.7. The van der Waals surface area contributed by atoms with Crippen LogP contribution >= 0.6 is 0 Å². The van der Waals surface area contributed by atoms with E-state index in [1.807, 2.05) is 31.2 Å². The Bertz CT molecular complexity index is 1220. The maximum Gasteiger partial charge on any atom is 0.329 e. The molecule has 0 saturated carbocycles. The first-order valence-electron chi connectivity index (χ1n) is 14.7. The Balaban J connectivity index is 1.78. The van der Waals surface area contributed by atoms with E-state index in [-0.39, 0.29) is 29.2 Å². The molecule has 1 aromatic heterocycles. The summed E-state index contributed by atoms with van der Waals surface area (Å²) in [7, 11) is 1.41. The number of carbonyl (C=O) groups excluding carboxylic acids is 3. The molecule has 11 nitrogen and oxygen atoms in total. The van der Waals surface area contributed by atoms with Gasteiger partial charge in [-0.05, 0) is 51.2 Å². The lowest BCUT2D eigenvalue weighted by Crippen LogP contribution is -2.47. The number of esters is 2. The molecule has 236 valence electrons. The van der Waals surface area contributed by atoms with Gasteiger partial charge in [0.05, 0.1) is 19.1 Å². The van der Waals surface area contributed by atoms with Crippen LogP contribution in [0.2, 0.25) is 0 Å². The minimum absolute atomic E-state index is 0.0161. The summed E-state index contributed by atoms with van der Waals surface area (Å²) < 4.78 is 34.5. The van der Waals surface area contributed by atoms with Crippen molar-refractivity contribution in [3.8, 4) is 17.2 Å². The molecule has 2 aromatic rings. The molecule has 1 aromatic carbocycles. The Kier molecular flexibility index (Phi) is 12.6. The largest absolute Gasteiger partial charge is 0.493 e.